The van der Waals surface area contributed by atoms with Gasteiger partial charge in [0.05, 0.1) is 23.4 Å². The number of hydrogen-bond acceptors (Lipinski definition) is 6. The minimum Gasteiger partial charge on any atom is -0.482 e. The average molecular weight is 543 g/mol. The van der Waals surface area contributed by atoms with Gasteiger partial charge in [-0.3, -0.25) is 9.59 Å². The second-order valence-corrected chi connectivity index (χ2v) is 9.52. The van der Waals surface area contributed by atoms with Crippen molar-refractivity contribution in [2.45, 2.75) is 25.5 Å². The van der Waals surface area contributed by atoms with Gasteiger partial charge in [0.15, 0.2) is 6.61 Å². The molecule has 0 spiro atoms. The fraction of sp³-hybridized carbons (Fsp3) is 0.207. The number of aryl methyl sites for hydroxylation is 1. The van der Waals surface area contributed by atoms with Crippen LogP contribution in [0.3, 0.4) is 0 Å². The molecule has 0 bridgehead atoms. The number of benzene rings is 3. The Morgan fingerprint density at radius 3 is 2.77 bits per heavy atom. The van der Waals surface area contributed by atoms with Crippen LogP contribution in [0.1, 0.15) is 34.7 Å². The molecule has 196 valence electrons. The molecule has 0 aliphatic carbocycles. The van der Waals surface area contributed by atoms with E-state index in [1.165, 1.54) is 0 Å². The van der Waals surface area contributed by atoms with Gasteiger partial charge < -0.3 is 20.1 Å². The third-order valence-electron chi connectivity index (χ3n) is 6.51. The lowest BCUT2D eigenvalue weighted by atomic mass is 9.85. The van der Waals surface area contributed by atoms with Gasteiger partial charge in [-0.25, -0.2) is 9.79 Å². The number of nitrogens with one attached hydrogen (secondary N) is 2. The largest absolute Gasteiger partial charge is 0.482 e. The SMILES string of the molecule is N#Cc1cccc(COC(=O)C2C(CCc3ccccc3Cl)=NC(=O)NC2c2ccc3c(c2)NC(=O)CO3)c1. The summed E-state index contributed by atoms with van der Waals surface area (Å²) in [6.45, 7) is -0.148. The highest BCUT2D eigenvalue weighted by atomic mass is 35.5. The van der Waals surface area contributed by atoms with Crippen molar-refractivity contribution in [3.8, 4) is 11.8 Å². The molecule has 39 heavy (non-hydrogen) atoms. The molecule has 3 amide bonds. The fourth-order valence-corrected chi connectivity index (χ4v) is 4.86. The monoisotopic (exact) mass is 542 g/mol. The zero-order valence-corrected chi connectivity index (χ0v) is 21.4. The zero-order valence-electron chi connectivity index (χ0n) is 20.6. The molecule has 2 heterocycles. The predicted molar refractivity (Wildman–Crippen MR) is 143 cm³/mol. The summed E-state index contributed by atoms with van der Waals surface area (Å²) in [7, 11) is 0. The number of carbonyl (C=O) groups excluding carboxylic acids is 3. The van der Waals surface area contributed by atoms with Crippen LogP contribution in [0.4, 0.5) is 10.5 Å². The standard InChI is InChI=1S/C29H23ClN4O5/c30-21-7-2-1-6-19(21)8-10-22-26(28(36)39-15-18-5-3-4-17(12-18)14-31)27(34-29(37)33-22)20-9-11-24-23(13-20)32-25(35)16-38-24/h1-7,9,11-13,26-27H,8,10,15-16H2,(H,32,35)(H,34,37). The molecule has 0 aromatic heterocycles. The van der Waals surface area contributed by atoms with Crippen LogP contribution < -0.4 is 15.4 Å². The Morgan fingerprint density at radius 2 is 1.95 bits per heavy atom. The van der Waals surface area contributed by atoms with E-state index in [9.17, 15) is 19.6 Å². The van der Waals surface area contributed by atoms with Crippen molar-refractivity contribution >= 4 is 40.9 Å². The molecule has 0 radical (unpaired) electrons. The van der Waals surface area contributed by atoms with Crippen LogP contribution in [0.5, 0.6) is 5.75 Å². The number of aliphatic imine (C=N–C) groups is 1. The van der Waals surface area contributed by atoms with E-state index < -0.39 is 24.0 Å². The zero-order chi connectivity index (χ0) is 27.4. The minimum absolute atomic E-state index is 0.0581. The van der Waals surface area contributed by atoms with Gasteiger partial charge in [0, 0.05) is 10.7 Å². The molecule has 0 fully saturated rings. The Balaban J connectivity index is 1.45. The lowest BCUT2D eigenvalue weighted by Crippen LogP contribution is -2.45. The number of rotatable bonds is 7. The van der Waals surface area contributed by atoms with Crippen LogP contribution >= 0.6 is 11.6 Å². The topological polar surface area (TPSA) is 130 Å². The van der Waals surface area contributed by atoms with Crippen LogP contribution in [0, 0.1) is 17.2 Å². The van der Waals surface area contributed by atoms with E-state index in [4.69, 9.17) is 21.1 Å². The number of anilines is 1. The molecule has 2 atom stereocenters. The lowest BCUT2D eigenvalue weighted by Gasteiger charge is -2.32. The number of ether oxygens (including phenoxy) is 2. The molecule has 2 N–H and O–H groups in total. The second kappa shape index (κ2) is 11.4. The Bertz CT molecular complexity index is 1530. The third-order valence-corrected chi connectivity index (χ3v) is 6.88. The van der Waals surface area contributed by atoms with E-state index in [0.717, 1.165) is 5.56 Å². The molecule has 3 aromatic rings. The van der Waals surface area contributed by atoms with E-state index in [-0.39, 0.29) is 19.1 Å². The molecule has 5 rings (SSSR count). The molecule has 2 unspecified atom stereocenters. The molecule has 3 aromatic carbocycles. The molecular formula is C29H23ClN4O5. The van der Waals surface area contributed by atoms with E-state index >= 15 is 0 Å². The number of hydrogen-bond donors (Lipinski definition) is 2. The van der Waals surface area contributed by atoms with Gasteiger partial charge in [-0.05, 0) is 59.9 Å². The van der Waals surface area contributed by atoms with E-state index in [1.807, 2.05) is 18.2 Å². The molecule has 2 aliphatic heterocycles. The summed E-state index contributed by atoms with van der Waals surface area (Å²) in [6, 6.07) is 19.9. The summed E-state index contributed by atoms with van der Waals surface area (Å²) in [6.07, 6.45) is 0.753. The normalized spacial score (nSPS) is 18.0. The number of halogens is 1. The van der Waals surface area contributed by atoms with Gasteiger partial charge in [-0.2, -0.15) is 5.26 Å². The van der Waals surface area contributed by atoms with Crippen molar-refractivity contribution in [1.82, 2.24) is 5.32 Å². The van der Waals surface area contributed by atoms with Crippen molar-refractivity contribution in [2.75, 3.05) is 11.9 Å². The minimum atomic E-state index is -0.942. The highest BCUT2D eigenvalue weighted by Gasteiger charge is 2.40. The van der Waals surface area contributed by atoms with Crippen molar-refractivity contribution in [2.24, 2.45) is 10.9 Å². The number of urea groups is 1. The van der Waals surface area contributed by atoms with E-state index in [2.05, 4.69) is 21.7 Å². The van der Waals surface area contributed by atoms with Crippen molar-refractivity contribution in [1.29, 1.82) is 5.26 Å². The lowest BCUT2D eigenvalue weighted by molar-refractivity contribution is -0.148. The molecule has 10 heteroatoms. The number of amides is 3. The van der Waals surface area contributed by atoms with Crippen molar-refractivity contribution in [3.05, 3.63) is 94.0 Å². The number of nitrogens with zero attached hydrogens (tertiary/aromatic N) is 2. The van der Waals surface area contributed by atoms with Gasteiger partial charge in [0.25, 0.3) is 5.91 Å². The maximum absolute atomic E-state index is 13.6. The number of fused-ring (bicyclic) bond motifs is 1. The maximum Gasteiger partial charge on any atom is 0.341 e. The van der Waals surface area contributed by atoms with Gasteiger partial charge in [0.2, 0.25) is 0 Å². The molecule has 0 saturated heterocycles. The van der Waals surface area contributed by atoms with Crippen LogP contribution in [0.15, 0.2) is 71.7 Å². The van der Waals surface area contributed by atoms with Crippen LogP contribution in [0.2, 0.25) is 5.02 Å². The van der Waals surface area contributed by atoms with Gasteiger partial charge >= 0.3 is 12.0 Å². The highest BCUT2D eigenvalue weighted by Crippen LogP contribution is 2.36. The average Bonchev–Trinajstić information content (AvgIpc) is 2.94. The molecule has 9 nitrogen and oxygen atoms in total. The second-order valence-electron chi connectivity index (χ2n) is 9.11. The molecular weight excluding hydrogens is 520 g/mol. The van der Waals surface area contributed by atoms with Gasteiger partial charge in [-0.15, -0.1) is 0 Å². The smallest absolute Gasteiger partial charge is 0.341 e. The first-order valence-corrected chi connectivity index (χ1v) is 12.6. The number of nitriles is 1. The van der Waals surface area contributed by atoms with Crippen molar-refractivity contribution < 1.29 is 23.9 Å². The van der Waals surface area contributed by atoms with Gasteiger partial charge in [0.1, 0.15) is 18.3 Å². The van der Waals surface area contributed by atoms with Crippen LogP contribution in [-0.2, 0) is 27.4 Å². The first-order chi connectivity index (χ1) is 18.9. The summed E-state index contributed by atoms with van der Waals surface area (Å²) in [4.78, 5) is 42.3. The first-order valence-electron chi connectivity index (χ1n) is 12.2. The predicted octanol–water partition coefficient (Wildman–Crippen LogP) is 4.74. The number of carbonyl (C=O) groups is 3. The first kappa shape index (κ1) is 25.9. The van der Waals surface area contributed by atoms with Crippen molar-refractivity contribution in [3.63, 3.8) is 0 Å². The quantitative estimate of drug-likeness (QED) is 0.415. The summed E-state index contributed by atoms with van der Waals surface area (Å²) in [5.41, 5.74) is 3.34. The third kappa shape index (κ3) is 5.92. The Kier molecular flexibility index (Phi) is 7.57. The Morgan fingerprint density at radius 1 is 1.10 bits per heavy atom. The fourth-order valence-electron chi connectivity index (χ4n) is 4.63. The van der Waals surface area contributed by atoms with E-state index in [1.54, 1.807) is 48.5 Å². The maximum atomic E-state index is 13.6. The molecule has 2 aliphatic rings. The van der Waals surface area contributed by atoms with Crippen LogP contribution in [-0.4, -0.2) is 30.2 Å². The molecule has 0 saturated carbocycles. The van der Waals surface area contributed by atoms with Gasteiger partial charge in [-0.1, -0.05) is 48.0 Å². The summed E-state index contributed by atoms with van der Waals surface area (Å²) in [5, 5.41) is 15.3. The Hall–Kier alpha value is -4.68. The number of esters is 1. The van der Waals surface area contributed by atoms with Crippen LogP contribution in [0.25, 0.3) is 0 Å². The highest BCUT2D eigenvalue weighted by molar-refractivity contribution is 6.31. The Labute approximate surface area is 229 Å². The summed E-state index contributed by atoms with van der Waals surface area (Å²) >= 11 is 6.34. The summed E-state index contributed by atoms with van der Waals surface area (Å²) < 4.78 is 11.1. The van der Waals surface area contributed by atoms with E-state index in [0.29, 0.717) is 51.7 Å². The summed E-state index contributed by atoms with van der Waals surface area (Å²) in [5.74, 6) is -1.34.